The van der Waals surface area contributed by atoms with E-state index in [0.717, 1.165) is 6.20 Å². The molecule has 6 nitrogen and oxygen atoms in total. The fourth-order valence-corrected chi connectivity index (χ4v) is 2.29. The van der Waals surface area contributed by atoms with Gasteiger partial charge in [-0.3, -0.25) is 4.79 Å². The van der Waals surface area contributed by atoms with Crippen molar-refractivity contribution in [2.24, 2.45) is 5.10 Å². The maximum absolute atomic E-state index is 13.5. The summed E-state index contributed by atoms with van der Waals surface area (Å²) in [6, 6.07) is 11.0. The highest BCUT2D eigenvalue weighted by atomic mass is 19.4. The van der Waals surface area contributed by atoms with Crippen LogP contribution in [0.5, 0.6) is 0 Å². The van der Waals surface area contributed by atoms with Crippen molar-refractivity contribution in [2.75, 3.05) is 0 Å². The molecule has 9 heteroatoms. The Hall–Kier alpha value is -3.36. The van der Waals surface area contributed by atoms with E-state index in [1.165, 1.54) is 18.3 Å². The number of benzene rings is 1. The first kappa shape index (κ1) is 17.5. The molecule has 0 aliphatic rings. The molecule has 26 heavy (non-hydrogen) atoms. The number of halogens is 3. The number of aryl methyl sites for hydroxylation is 1. The van der Waals surface area contributed by atoms with Crippen LogP contribution in [0, 0.1) is 6.92 Å². The summed E-state index contributed by atoms with van der Waals surface area (Å²) in [5.74, 6) is -0.0286. The van der Waals surface area contributed by atoms with Crippen molar-refractivity contribution in [3.63, 3.8) is 0 Å². The van der Waals surface area contributed by atoms with Crippen molar-refractivity contribution in [1.82, 2.24) is 15.2 Å². The molecule has 3 rings (SSSR count). The molecule has 1 aromatic carbocycles. The zero-order chi connectivity index (χ0) is 18.7. The molecule has 0 saturated heterocycles. The number of carbonyl (C=O) groups excluding carboxylic acids is 1. The van der Waals surface area contributed by atoms with Crippen LogP contribution in [0.1, 0.15) is 27.6 Å². The van der Waals surface area contributed by atoms with Crippen LogP contribution in [0.2, 0.25) is 0 Å². The third kappa shape index (κ3) is 3.66. The van der Waals surface area contributed by atoms with E-state index in [-0.39, 0.29) is 5.69 Å². The Balaban J connectivity index is 1.88. The van der Waals surface area contributed by atoms with Crippen molar-refractivity contribution >= 4 is 12.1 Å². The Morgan fingerprint density at radius 1 is 1.23 bits per heavy atom. The van der Waals surface area contributed by atoms with Crippen LogP contribution < -0.4 is 5.43 Å². The van der Waals surface area contributed by atoms with Crippen molar-refractivity contribution in [1.29, 1.82) is 0 Å². The molecule has 1 N–H and O–H groups in total. The predicted molar refractivity (Wildman–Crippen MR) is 87.1 cm³/mol. The molecule has 0 atom stereocenters. The summed E-state index contributed by atoms with van der Waals surface area (Å²) in [4.78, 5) is 12.1. The minimum atomic E-state index is -4.78. The Labute approximate surface area is 145 Å². The number of nitrogens with one attached hydrogen (secondary N) is 1. The van der Waals surface area contributed by atoms with Gasteiger partial charge in [0.2, 0.25) is 0 Å². The van der Waals surface area contributed by atoms with E-state index in [0.29, 0.717) is 16.2 Å². The molecule has 1 amide bonds. The molecule has 0 aliphatic heterocycles. The molecule has 2 aromatic heterocycles. The van der Waals surface area contributed by atoms with Gasteiger partial charge in [-0.25, -0.2) is 10.1 Å². The van der Waals surface area contributed by atoms with E-state index < -0.39 is 23.3 Å². The largest absolute Gasteiger partial charge is 0.460 e. The standard InChI is InChI=1S/C17H13F3N4O2/c1-11-7-8-13(26-11)9-21-23-16(25)14-10-22-24(15(14)17(18,19)20)12-5-3-2-4-6-12/h2-10H,1H3,(H,23,25). The monoisotopic (exact) mass is 362 g/mol. The van der Waals surface area contributed by atoms with Gasteiger partial charge >= 0.3 is 6.18 Å². The van der Waals surface area contributed by atoms with Gasteiger partial charge in [0, 0.05) is 0 Å². The first-order chi connectivity index (χ1) is 12.4. The molecular weight excluding hydrogens is 349 g/mol. The van der Waals surface area contributed by atoms with Gasteiger partial charge in [0.1, 0.15) is 11.5 Å². The summed E-state index contributed by atoms with van der Waals surface area (Å²) < 4.78 is 46.3. The van der Waals surface area contributed by atoms with E-state index in [4.69, 9.17) is 4.42 Å². The lowest BCUT2D eigenvalue weighted by molar-refractivity contribution is -0.143. The van der Waals surface area contributed by atoms with Gasteiger partial charge in [0.15, 0.2) is 5.69 Å². The van der Waals surface area contributed by atoms with Crippen LogP contribution in [0.15, 0.2) is 58.2 Å². The van der Waals surface area contributed by atoms with Crippen LogP contribution in [-0.4, -0.2) is 21.9 Å². The van der Waals surface area contributed by atoms with Gasteiger partial charge < -0.3 is 4.42 Å². The van der Waals surface area contributed by atoms with Crippen molar-refractivity contribution in [2.45, 2.75) is 13.1 Å². The number of amides is 1. The lowest BCUT2D eigenvalue weighted by atomic mass is 10.2. The fourth-order valence-electron chi connectivity index (χ4n) is 2.29. The summed E-state index contributed by atoms with van der Waals surface area (Å²) >= 11 is 0. The third-order valence-corrected chi connectivity index (χ3v) is 3.40. The number of hydrogen-bond acceptors (Lipinski definition) is 4. The average molecular weight is 362 g/mol. The molecule has 2 heterocycles. The topological polar surface area (TPSA) is 72.4 Å². The molecular formula is C17H13F3N4O2. The lowest BCUT2D eigenvalue weighted by Gasteiger charge is -2.12. The SMILES string of the molecule is Cc1ccc(C=NNC(=O)c2cnn(-c3ccccc3)c2C(F)(F)F)o1. The van der Waals surface area contributed by atoms with Gasteiger partial charge in [-0.2, -0.15) is 23.4 Å². The van der Waals surface area contributed by atoms with Gasteiger partial charge in [-0.15, -0.1) is 0 Å². The minimum absolute atomic E-state index is 0.188. The average Bonchev–Trinajstić information content (AvgIpc) is 3.21. The minimum Gasteiger partial charge on any atom is -0.460 e. The van der Waals surface area contributed by atoms with E-state index in [1.54, 1.807) is 37.3 Å². The zero-order valence-corrected chi connectivity index (χ0v) is 13.5. The molecule has 3 aromatic rings. The molecule has 134 valence electrons. The van der Waals surface area contributed by atoms with E-state index in [2.05, 4.69) is 15.6 Å². The van der Waals surface area contributed by atoms with Crippen LogP contribution in [0.4, 0.5) is 13.2 Å². The highest BCUT2D eigenvalue weighted by molar-refractivity contribution is 5.96. The maximum Gasteiger partial charge on any atom is 0.434 e. The first-order valence-corrected chi connectivity index (χ1v) is 7.47. The number of furan rings is 1. The van der Waals surface area contributed by atoms with Gasteiger partial charge in [-0.05, 0) is 31.2 Å². The second-order valence-corrected chi connectivity index (χ2v) is 5.30. The van der Waals surface area contributed by atoms with Crippen LogP contribution in [0.3, 0.4) is 0 Å². The second kappa shape index (κ2) is 6.87. The van der Waals surface area contributed by atoms with Crippen LogP contribution >= 0.6 is 0 Å². The predicted octanol–water partition coefficient (Wildman–Crippen LogP) is 3.56. The molecule has 0 fully saturated rings. The normalized spacial score (nSPS) is 11.8. The number of alkyl halides is 3. The molecule has 0 aliphatic carbocycles. The number of rotatable bonds is 4. The van der Waals surface area contributed by atoms with Gasteiger partial charge in [0.25, 0.3) is 5.91 Å². The van der Waals surface area contributed by atoms with Gasteiger partial charge in [0.05, 0.1) is 23.7 Å². The van der Waals surface area contributed by atoms with E-state index in [1.807, 2.05) is 0 Å². The van der Waals surface area contributed by atoms with Crippen molar-refractivity contribution in [3.8, 4) is 5.69 Å². The summed E-state index contributed by atoms with van der Waals surface area (Å²) in [5, 5.41) is 7.32. The Kier molecular flexibility index (Phi) is 4.61. The van der Waals surface area contributed by atoms with Crippen molar-refractivity contribution in [3.05, 3.63) is 71.4 Å². The van der Waals surface area contributed by atoms with Gasteiger partial charge in [-0.1, -0.05) is 18.2 Å². The third-order valence-electron chi connectivity index (χ3n) is 3.40. The Morgan fingerprint density at radius 2 is 1.96 bits per heavy atom. The maximum atomic E-state index is 13.5. The number of hydrazone groups is 1. The summed E-state index contributed by atoms with van der Waals surface area (Å²) in [7, 11) is 0. The number of nitrogens with zero attached hydrogens (tertiary/aromatic N) is 3. The Morgan fingerprint density at radius 3 is 2.58 bits per heavy atom. The van der Waals surface area contributed by atoms with E-state index >= 15 is 0 Å². The number of para-hydroxylation sites is 1. The highest BCUT2D eigenvalue weighted by Crippen LogP contribution is 2.33. The first-order valence-electron chi connectivity index (χ1n) is 7.47. The molecule has 0 radical (unpaired) electrons. The molecule has 0 spiro atoms. The highest BCUT2D eigenvalue weighted by Gasteiger charge is 2.40. The summed E-state index contributed by atoms with van der Waals surface area (Å²) in [6.45, 7) is 1.73. The number of carbonyl (C=O) groups is 1. The fraction of sp³-hybridized carbons (Fsp3) is 0.118. The molecule has 0 saturated carbocycles. The number of hydrogen-bond donors (Lipinski definition) is 1. The zero-order valence-electron chi connectivity index (χ0n) is 13.5. The smallest absolute Gasteiger partial charge is 0.434 e. The number of aromatic nitrogens is 2. The Bertz CT molecular complexity index is 943. The molecule has 0 unspecified atom stereocenters. The quantitative estimate of drug-likeness (QED) is 0.570. The summed E-state index contributed by atoms with van der Waals surface area (Å²) in [5.41, 5.74) is 0.433. The van der Waals surface area contributed by atoms with Crippen molar-refractivity contribution < 1.29 is 22.4 Å². The lowest BCUT2D eigenvalue weighted by Crippen LogP contribution is -2.23. The summed E-state index contributed by atoms with van der Waals surface area (Å²) in [6.07, 6.45) is -2.72. The second-order valence-electron chi connectivity index (χ2n) is 5.30. The van der Waals surface area contributed by atoms with E-state index in [9.17, 15) is 18.0 Å². The van der Waals surface area contributed by atoms with Crippen LogP contribution in [-0.2, 0) is 6.18 Å². The van der Waals surface area contributed by atoms with Crippen LogP contribution in [0.25, 0.3) is 5.69 Å². The molecule has 0 bridgehead atoms.